The van der Waals surface area contributed by atoms with Crippen molar-refractivity contribution in [2.24, 2.45) is 5.92 Å². The van der Waals surface area contributed by atoms with E-state index in [1.807, 2.05) is 6.20 Å². The smallest absolute Gasteiger partial charge is 0.0536 e. The minimum absolute atomic E-state index is 0.359. The van der Waals surface area contributed by atoms with Crippen LogP contribution < -0.4 is 5.32 Å². The number of nitrogens with zero attached hydrogens (tertiary/aromatic N) is 3. The van der Waals surface area contributed by atoms with Gasteiger partial charge in [-0.1, -0.05) is 0 Å². The van der Waals surface area contributed by atoms with Crippen LogP contribution in [-0.4, -0.2) is 46.4 Å². The van der Waals surface area contributed by atoms with Crippen molar-refractivity contribution in [1.29, 1.82) is 0 Å². The van der Waals surface area contributed by atoms with Crippen LogP contribution in [0.2, 0.25) is 0 Å². The van der Waals surface area contributed by atoms with Gasteiger partial charge in [-0.3, -0.25) is 9.58 Å². The zero-order chi connectivity index (χ0) is 12.6. The van der Waals surface area contributed by atoms with E-state index in [4.69, 9.17) is 0 Å². The fourth-order valence-electron chi connectivity index (χ4n) is 3.12. The Hall–Kier alpha value is -0.870. The Kier molecular flexibility index (Phi) is 3.16. The Balaban J connectivity index is 1.53. The molecule has 0 aromatic carbocycles. The summed E-state index contributed by atoms with van der Waals surface area (Å²) in [5, 5.41) is 8.08. The van der Waals surface area contributed by atoms with Gasteiger partial charge in [-0.05, 0) is 38.2 Å². The van der Waals surface area contributed by atoms with Crippen LogP contribution in [0.3, 0.4) is 0 Å². The molecule has 0 spiro atoms. The fourth-order valence-corrected chi connectivity index (χ4v) is 3.12. The van der Waals surface area contributed by atoms with E-state index >= 15 is 0 Å². The first-order valence-corrected chi connectivity index (χ1v) is 7.12. The molecule has 4 nitrogen and oxygen atoms in total. The maximum absolute atomic E-state index is 4.36. The lowest BCUT2D eigenvalue weighted by Crippen LogP contribution is -2.60. The van der Waals surface area contributed by atoms with Gasteiger partial charge in [0.15, 0.2) is 0 Å². The van der Waals surface area contributed by atoms with Crippen LogP contribution in [0.15, 0.2) is 12.4 Å². The lowest BCUT2D eigenvalue weighted by atomic mass is 9.93. The monoisotopic (exact) mass is 248 g/mol. The van der Waals surface area contributed by atoms with E-state index < -0.39 is 0 Å². The summed E-state index contributed by atoms with van der Waals surface area (Å²) >= 11 is 0. The highest BCUT2D eigenvalue weighted by molar-refractivity contribution is 5.02. The number of aryl methyl sites for hydroxylation is 1. The number of nitrogens with one attached hydrogen (secondary N) is 1. The number of piperazine rings is 1. The molecule has 1 aromatic heterocycles. The van der Waals surface area contributed by atoms with Crippen molar-refractivity contribution >= 4 is 0 Å². The summed E-state index contributed by atoms with van der Waals surface area (Å²) in [5.41, 5.74) is 1.61. The van der Waals surface area contributed by atoms with E-state index in [1.54, 1.807) is 0 Å². The van der Waals surface area contributed by atoms with E-state index in [9.17, 15) is 0 Å². The average Bonchev–Trinajstić information content (AvgIpc) is 3.12. The van der Waals surface area contributed by atoms with Crippen LogP contribution in [0.4, 0.5) is 0 Å². The maximum atomic E-state index is 4.36. The predicted molar refractivity (Wildman–Crippen MR) is 72.5 cm³/mol. The van der Waals surface area contributed by atoms with Gasteiger partial charge in [-0.15, -0.1) is 0 Å². The second kappa shape index (κ2) is 4.67. The number of rotatable bonds is 4. The van der Waals surface area contributed by atoms with E-state index in [-0.39, 0.29) is 0 Å². The van der Waals surface area contributed by atoms with E-state index in [0.29, 0.717) is 5.54 Å². The van der Waals surface area contributed by atoms with Gasteiger partial charge < -0.3 is 5.32 Å². The molecular formula is C14H24N4. The quantitative estimate of drug-likeness (QED) is 0.871. The van der Waals surface area contributed by atoms with E-state index in [2.05, 4.69) is 40.0 Å². The molecule has 1 unspecified atom stereocenters. The average molecular weight is 248 g/mol. The van der Waals surface area contributed by atoms with Gasteiger partial charge >= 0.3 is 0 Å². The van der Waals surface area contributed by atoms with Gasteiger partial charge in [0, 0.05) is 37.9 Å². The molecule has 2 fully saturated rings. The van der Waals surface area contributed by atoms with E-state index in [1.165, 1.54) is 31.5 Å². The summed E-state index contributed by atoms with van der Waals surface area (Å²) in [5.74, 6) is 0.909. The standard InChI is InChI=1S/C14H24N4/c1-12-9-16-18(10-12)8-7-17-6-5-15-14(2,11-17)13-3-4-13/h9-10,13,15H,3-8,11H2,1-2H3. The van der Waals surface area contributed by atoms with Crippen molar-refractivity contribution in [3.8, 4) is 0 Å². The number of hydrogen-bond acceptors (Lipinski definition) is 3. The summed E-state index contributed by atoms with van der Waals surface area (Å²) in [7, 11) is 0. The van der Waals surface area contributed by atoms with Crippen LogP contribution in [0.1, 0.15) is 25.3 Å². The Labute approximate surface area is 109 Å². The molecule has 1 aliphatic heterocycles. The minimum atomic E-state index is 0.359. The first-order valence-electron chi connectivity index (χ1n) is 7.12. The highest BCUT2D eigenvalue weighted by Gasteiger charge is 2.43. The summed E-state index contributed by atoms with van der Waals surface area (Å²) in [6, 6.07) is 0. The largest absolute Gasteiger partial charge is 0.309 e. The molecule has 2 aliphatic rings. The Morgan fingerprint density at radius 2 is 2.28 bits per heavy atom. The molecule has 1 saturated heterocycles. The van der Waals surface area contributed by atoms with Gasteiger partial charge in [-0.2, -0.15) is 5.10 Å². The van der Waals surface area contributed by atoms with Crippen molar-refractivity contribution in [3.63, 3.8) is 0 Å². The molecule has 4 heteroatoms. The first kappa shape index (κ1) is 12.2. The van der Waals surface area contributed by atoms with Crippen molar-refractivity contribution in [2.75, 3.05) is 26.2 Å². The van der Waals surface area contributed by atoms with Gasteiger partial charge in [-0.25, -0.2) is 0 Å². The van der Waals surface area contributed by atoms with Gasteiger partial charge in [0.1, 0.15) is 0 Å². The molecule has 0 amide bonds. The third kappa shape index (κ3) is 2.59. The molecule has 2 heterocycles. The Morgan fingerprint density at radius 3 is 2.94 bits per heavy atom. The van der Waals surface area contributed by atoms with Crippen LogP contribution in [0, 0.1) is 12.8 Å². The predicted octanol–water partition coefficient (Wildman–Crippen LogP) is 1.27. The molecular weight excluding hydrogens is 224 g/mol. The maximum Gasteiger partial charge on any atom is 0.0536 e. The zero-order valence-corrected chi connectivity index (χ0v) is 11.5. The molecule has 1 atom stereocenters. The molecule has 0 radical (unpaired) electrons. The minimum Gasteiger partial charge on any atom is -0.309 e. The SMILES string of the molecule is Cc1cnn(CCN2CCNC(C)(C3CC3)C2)c1. The highest BCUT2D eigenvalue weighted by Crippen LogP contribution is 2.40. The van der Waals surface area contributed by atoms with Crippen LogP contribution in [0.5, 0.6) is 0 Å². The lowest BCUT2D eigenvalue weighted by Gasteiger charge is -2.42. The van der Waals surface area contributed by atoms with Crippen molar-refractivity contribution in [3.05, 3.63) is 18.0 Å². The van der Waals surface area contributed by atoms with Crippen molar-refractivity contribution in [2.45, 2.75) is 38.8 Å². The summed E-state index contributed by atoms with van der Waals surface area (Å²) < 4.78 is 2.06. The van der Waals surface area contributed by atoms with E-state index in [0.717, 1.165) is 25.6 Å². The third-order valence-electron chi connectivity index (χ3n) is 4.40. The molecule has 0 bridgehead atoms. The molecule has 3 rings (SSSR count). The number of hydrogen-bond donors (Lipinski definition) is 1. The van der Waals surface area contributed by atoms with Crippen LogP contribution in [-0.2, 0) is 6.54 Å². The third-order valence-corrected chi connectivity index (χ3v) is 4.40. The second-order valence-corrected chi connectivity index (χ2v) is 6.18. The van der Waals surface area contributed by atoms with Gasteiger partial charge in [0.25, 0.3) is 0 Å². The normalized spacial score (nSPS) is 29.7. The van der Waals surface area contributed by atoms with Crippen molar-refractivity contribution < 1.29 is 0 Å². The van der Waals surface area contributed by atoms with Crippen molar-refractivity contribution in [1.82, 2.24) is 20.0 Å². The first-order chi connectivity index (χ1) is 8.66. The Bertz CT molecular complexity index is 410. The van der Waals surface area contributed by atoms with Gasteiger partial charge in [0.05, 0.1) is 12.7 Å². The molecule has 1 aliphatic carbocycles. The molecule has 1 N–H and O–H groups in total. The summed E-state index contributed by atoms with van der Waals surface area (Å²) in [4.78, 5) is 2.59. The van der Waals surface area contributed by atoms with Crippen LogP contribution >= 0.6 is 0 Å². The summed E-state index contributed by atoms with van der Waals surface area (Å²) in [6.07, 6.45) is 6.89. The topological polar surface area (TPSA) is 33.1 Å². The highest BCUT2D eigenvalue weighted by atomic mass is 15.3. The number of aromatic nitrogens is 2. The fraction of sp³-hybridized carbons (Fsp3) is 0.786. The van der Waals surface area contributed by atoms with Crippen LogP contribution in [0.25, 0.3) is 0 Å². The molecule has 1 aromatic rings. The summed E-state index contributed by atoms with van der Waals surface area (Å²) in [6.45, 7) is 10.1. The lowest BCUT2D eigenvalue weighted by molar-refractivity contribution is 0.122. The Morgan fingerprint density at radius 1 is 1.44 bits per heavy atom. The second-order valence-electron chi connectivity index (χ2n) is 6.18. The molecule has 1 saturated carbocycles. The zero-order valence-electron chi connectivity index (χ0n) is 11.5. The molecule has 18 heavy (non-hydrogen) atoms. The van der Waals surface area contributed by atoms with Gasteiger partial charge in [0.2, 0.25) is 0 Å². The molecule has 100 valence electrons.